The fraction of sp³-hybridized carbons (Fsp3) is 0.385. The number of carbonyl (C=O) groups excluding carboxylic acids is 2. The number of nitrogens with two attached hydrogens (primary N) is 1. The number of anilines is 2. The van der Waals surface area contributed by atoms with E-state index in [1.54, 1.807) is 18.2 Å². The van der Waals surface area contributed by atoms with Gasteiger partial charge >= 0.3 is 0 Å². The number of halogens is 1. The molecule has 2 amide bonds. The van der Waals surface area contributed by atoms with Crippen molar-refractivity contribution in [3.8, 4) is 0 Å². The number of hydrogen-bond donors (Lipinski definition) is 1. The van der Waals surface area contributed by atoms with Gasteiger partial charge in [-0.1, -0.05) is 25.4 Å². The number of fused-ring (bicyclic) bond motifs is 1. The Labute approximate surface area is 110 Å². The predicted octanol–water partition coefficient (Wildman–Crippen LogP) is 2.07. The van der Waals surface area contributed by atoms with Crippen LogP contribution < -0.4 is 10.6 Å². The lowest BCUT2D eigenvalue weighted by Crippen LogP contribution is -2.36. The topological polar surface area (TPSA) is 63.4 Å². The highest BCUT2D eigenvalue weighted by atomic mass is 35.5. The van der Waals surface area contributed by atoms with Crippen LogP contribution in [0.4, 0.5) is 11.4 Å². The Morgan fingerprint density at radius 2 is 1.78 bits per heavy atom. The van der Waals surface area contributed by atoms with Crippen molar-refractivity contribution in [2.75, 3.05) is 10.6 Å². The van der Waals surface area contributed by atoms with E-state index in [0.29, 0.717) is 16.4 Å². The van der Waals surface area contributed by atoms with Gasteiger partial charge in [0.1, 0.15) is 0 Å². The zero-order chi connectivity index (χ0) is 13.2. The molecular formula is C13H13ClN2O2. The minimum Gasteiger partial charge on any atom is -0.397 e. The summed E-state index contributed by atoms with van der Waals surface area (Å²) in [6.07, 6.45) is 0. The van der Waals surface area contributed by atoms with Crippen LogP contribution in [-0.4, -0.2) is 11.8 Å². The highest BCUT2D eigenvalue weighted by molar-refractivity contribution is 6.32. The Balaban J connectivity index is 2.03. The van der Waals surface area contributed by atoms with E-state index >= 15 is 0 Å². The minimum absolute atomic E-state index is 0.163. The zero-order valence-corrected chi connectivity index (χ0v) is 10.9. The molecule has 1 aliphatic carbocycles. The van der Waals surface area contributed by atoms with Gasteiger partial charge in [0.25, 0.3) is 0 Å². The normalized spacial score (nSPS) is 28.5. The summed E-state index contributed by atoms with van der Waals surface area (Å²) in [4.78, 5) is 25.7. The maximum atomic E-state index is 12.2. The van der Waals surface area contributed by atoms with Crippen LogP contribution in [0.15, 0.2) is 18.2 Å². The summed E-state index contributed by atoms with van der Waals surface area (Å²) in [5.41, 5.74) is 6.40. The third-order valence-corrected chi connectivity index (χ3v) is 4.27. The molecular weight excluding hydrogens is 252 g/mol. The second-order valence-electron chi connectivity index (χ2n) is 5.49. The minimum atomic E-state index is -0.210. The number of nitrogens with zero attached hydrogens (tertiary/aromatic N) is 1. The number of imide groups is 1. The SMILES string of the molecule is CC1(C)C2C(=O)N(c3cc(Cl)ccc3N)C(=O)C21. The van der Waals surface area contributed by atoms with E-state index < -0.39 is 0 Å². The van der Waals surface area contributed by atoms with Gasteiger partial charge in [-0.25, -0.2) is 4.90 Å². The van der Waals surface area contributed by atoms with Gasteiger partial charge in [0, 0.05) is 5.02 Å². The molecule has 18 heavy (non-hydrogen) atoms. The van der Waals surface area contributed by atoms with Crippen LogP contribution >= 0.6 is 11.6 Å². The van der Waals surface area contributed by atoms with Gasteiger partial charge in [-0.3, -0.25) is 9.59 Å². The lowest BCUT2D eigenvalue weighted by Gasteiger charge is -2.22. The van der Waals surface area contributed by atoms with Crippen LogP contribution in [0.25, 0.3) is 0 Å². The summed E-state index contributed by atoms with van der Waals surface area (Å²) < 4.78 is 0. The fourth-order valence-electron chi connectivity index (χ4n) is 2.89. The number of benzene rings is 1. The molecule has 2 unspecified atom stereocenters. The van der Waals surface area contributed by atoms with Crippen molar-refractivity contribution >= 4 is 34.8 Å². The van der Waals surface area contributed by atoms with Gasteiger partial charge in [0.15, 0.2) is 0 Å². The first kappa shape index (κ1) is 11.5. The molecule has 1 aliphatic heterocycles. The molecule has 2 fully saturated rings. The van der Waals surface area contributed by atoms with Crippen molar-refractivity contribution in [2.24, 2.45) is 17.3 Å². The highest BCUT2D eigenvalue weighted by Gasteiger charge is 2.72. The zero-order valence-electron chi connectivity index (χ0n) is 10.1. The van der Waals surface area contributed by atoms with Crippen LogP contribution in [0.2, 0.25) is 5.02 Å². The number of rotatable bonds is 1. The molecule has 5 heteroatoms. The van der Waals surface area contributed by atoms with Gasteiger partial charge < -0.3 is 5.73 Å². The monoisotopic (exact) mass is 264 g/mol. The van der Waals surface area contributed by atoms with Crippen molar-refractivity contribution < 1.29 is 9.59 Å². The predicted molar refractivity (Wildman–Crippen MR) is 69.1 cm³/mol. The Bertz CT molecular complexity index is 558. The van der Waals surface area contributed by atoms with Crippen molar-refractivity contribution in [3.63, 3.8) is 0 Å². The summed E-state index contributed by atoms with van der Waals surface area (Å²) in [7, 11) is 0. The van der Waals surface area contributed by atoms with E-state index in [1.165, 1.54) is 4.90 Å². The fourth-order valence-corrected chi connectivity index (χ4v) is 3.06. The molecule has 2 atom stereocenters. The van der Waals surface area contributed by atoms with Gasteiger partial charge in [0.05, 0.1) is 23.2 Å². The summed E-state index contributed by atoms with van der Waals surface area (Å²) in [5, 5.41) is 0.458. The second kappa shape index (κ2) is 3.26. The first-order valence-electron chi connectivity index (χ1n) is 5.78. The molecule has 1 aromatic carbocycles. The molecule has 0 aromatic heterocycles. The third kappa shape index (κ3) is 1.27. The van der Waals surface area contributed by atoms with E-state index in [9.17, 15) is 9.59 Å². The maximum absolute atomic E-state index is 12.2. The number of carbonyl (C=O) groups is 2. The highest BCUT2D eigenvalue weighted by Crippen LogP contribution is 2.63. The van der Waals surface area contributed by atoms with E-state index in [0.717, 1.165) is 0 Å². The summed E-state index contributed by atoms with van der Waals surface area (Å²) >= 11 is 5.89. The molecule has 1 heterocycles. The molecule has 0 bridgehead atoms. The molecule has 4 nitrogen and oxygen atoms in total. The van der Waals surface area contributed by atoms with E-state index in [-0.39, 0.29) is 29.1 Å². The molecule has 2 N–H and O–H groups in total. The molecule has 1 saturated heterocycles. The number of piperidine rings is 1. The van der Waals surface area contributed by atoms with Crippen molar-refractivity contribution in [3.05, 3.63) is 23.2 Å². The first-order chi connectivity index (χ1) is 8.35. The van der Waals surface area contributed by atoms with Crippen LogP contribution in [0.3, 0.4) is 0 Å². The van der Waals surface area contributed by atoms with Crippen molar-refractivity contribution in [1.29, 1.82) is 0 Å². The average Bonchev–Trinajstić information content (AvgIpc) is 2.74. The molecule has 1 aromatic rings. The van der Waals surface area contributed by atoms with Crippen molar-refractivity contribution in [1.82, 2.24) is 0 Å². The Hall–Kier alpha value is -1.55. The van der Waals surface area contributed by atoms with Crippen molar-refractivity contribution in [2.45, 2.75) is 13.8 Å². The summed E-state index contributed by atoms with van der Waals surface area (Å²) in [5.74, 6) is -0.736. The molecule has 2 aliphatic rings. The third-order valence-electron chi connectivity index (χ3n) is 4.03. The standard InChI is InChI=1S/C13H13ClN2O2/c1-13(2)9-10(13)12(18)16(11(9)17)8-5-6(14)3-4-7(8)15/h3-5,9-10H,15H2,1-2H3. The second-order valence-corrected chi connectivity index (χ2v) is 5.93. The molecule has 94 valence electrons. The van der Waals surface area contributed by atoms with Gasteiger partial charge in [-0.05, 0) is 23.6 Å². The molecule has 1 saturated carbocycles. The number of amides is 2. The molecule has 0 radical (unpaired) electrons. The van der Waals surface area contributed by atoms with Gasteiger partial charge in [0.2, 0.25) is 11.8 Å². The first-order valence-corrected chi connectivity index (χ1v) is 6.16. The van der Waals surface area contributed by atoms with Crippen LogP contribution in [-0.2, 0) is 9.59 Å². The number of nitrogen functional groups attached to an aromatic ring is 1. The van der Waals surface area contributed by atoms with Crippen LogP contribution in [0.5, 0.6) is 0 Å². The quantitative estimate of drug-likeness (QED) is 0.624. The summed E-state index contributed by atoms with van der Waals surface area (Å²) in [6.45, 7) is 3.88. The molecule has 0 spiro atoms. The lowest BCUT2D eigenvalue weighted by molar-refractivity contribution is -0.125. The Kier molecular flexibility index (Phi) is 2.09. The van der Waals surface area contributed by atoms with E-state index in [1.807, 2.05) is 13.8 Å². The van der Waals surface area contributed by atoms with E-state index in [4.69, 9.17) is 17.3 Å². The Morgan fingerprint density at radius 3 is 2.33 bits per heavy atom. The van der Waals surface area contributed by atoms with E-state index in [2.05, 4.69) is 0 Å². The van der Waals surface area contributed by atoms with Gasteiger partial charge in [-0.15, -0.1) is 0 Å². The van der Waals surface area contributed by atoms with Crippen LogP contribution in [0.1, 0.15) is 13.8 Å². The smallest absolute Gasteiger partial charge is 0.238 e. The average molecular weight is 265 g/mol. The number of hydrogen-bond acceptors (Lipinski definition) is 3. The largest absolute Gasteiger partial charge is 0.397 e. The maximum Gasteiger partial charge on any atom is 0.238 e. The lowest BCUT2D eigenvalue weighted by atomic mass is 10.0. The molecule has 3 rings (SSSR count). The Morgan fingerprint density at radius 1 is 1.22 bits per heavy atom. The van der Waals surface area contributed by atoms with Gasteiger partial charge in [-0.2, -0.15) is 0 Å². The van der Waals surface area contributed by atoms with Crippen LogP contribution in [0, 0.1) is 17.3 Å². The summed E-state index contributed by atoms with van der Waals surface area (Å²) in [6, 6.07) is 4.80.